The lowest BCUT2D eigenvalue weighted by molar-refractivity contribution is -0.878. The number of carbonyl (C=O) groups excluding carboxylic acids is 1. The minimum Gasteiger partial charge on any atom is -0.493 e. The fourth-order valence-electron chi connectivity index (χ4n) is 2.64. The van der Waals surface area contributed by atoms with Gasteiger partial charge < -0.3 is 19.7 Å². The van der Waals surface area contributed by atoms with Crippen LogP contribution in [0.4, 0.5) is 5.69 Å². The smallest absolute Gasteiger partial charge is 0.230 e. The largest absolute Gasteiger partial charge is 0.493 e. The highest BCUT2D eigenvalue weighted by Crippen LogP contribution is 2.27. The van der Waals surface area contributed by atoms with Gasteiger partial charge in [-0.1, -0.05) is 23.7 Å². The molecule has 0 spiro atoms. The van der Waals surface area contributed by atoms with Crippen molar-refractivity contribution in [1.82, 2.24) is 0 Å². The van der Waals surface area contributed by atoms with Crippen molar-refractivity contribution in [3.05, 3.63) is 53.1 Å². The molecule has 1 atom stereocenters. The lowest BCUT2D eigenvalue weighted by atomic mass is 10.1. The molecule has 0 saturated heterocycles. The third-order valence-corrected chi connectivity index (χ3v) is 4.41. The maximum Gasteiger partial charge on any atom is 0.230 e. The summed E-state index contributed by atoms with van der Waals surface area (Å²) in [4.78, 5) is 13.4. The van der Waals surface area contributed by atoms with E-state index < -0.39 is 0 Å². The molecule has 0 saturated carbocycles. The molecule has 26 heavy (non-hydrogen) atoms. The summed E-state index contributed by atoms with van der Waals surface area (Å²) in [5.41, 5.74) is 1.91. The number of hydrogen-bond acceptors (Lipinski definition) is 3. The first kappa shape index (κ1) is 20.1. The van der Waals surface area contributed by atoms with Gasteiger partial charge in [-0.15, -0.1) is 0 Å². The van der Waals surface area contributed by atoms with E-state index in [1.165, 1.54) is 10.5 Å². The number of nitrogens with one attached hydrogen (secondary N) is 2. The number of amides is 1. The average Bonchev–Trinajstić information content (AvgIpc) is 2.64. The molecule has 0 heterocycles. The normalized spacial score (nSPS) is 11.7. The summed E-state index contributed by atoms with van der Waals surface area (Å²) >= 11 is 5.92. The van der Waals surface area contributed by atoms with Crippen molar-refractivity contribution in [3.8, 4) is 11.5 Å². The van der Waals surface area contributed by atoms with Crippen LogP contribution >= 0.6 is 11.6 Å². The number of carbonyl (C=O) groups is 1. The van der Waals surface area contributed by atoms with Crippen LogP contribution in [0.5, 0.6) is 11.5 Å². The molecule has 0 aromatic heterocycles. The molecule has 0 fully saturated rings. The van der Waals surface area contributed by atoms with E-state index in [0.717, 1.165) is 36.7 Å². The molecule has 0 radical (unpaired) electrons. The van der Waals surface area contributed by atoms with Gasteiger partial charge in [0.15, 0.2) is 11.5 Å². The lowest BCUT2D eigenvalue weighted by Crippen LogP contribution is -3.09. The van der Waals surface area contributed by atoms with Crippen LogP contribution < -0.4 is 19.7 Å². The van der Waals surface area contributed by atoms with Crippen LogP contribution in [-0.4, -0.2) is 40.3 Å². The van der Waals surface area contributed by atoms with Gasteiger partial charge in [0.25, 0.3) is 0 Å². The molecule has 0 bridgehead atoms. The number of hydrogen-bond donors (Lipinski definition) is 2. The van der Waals surface area contributed by atoms with Crippen molar-refractivity contribution in [1.29, 1.82) is 0 Å². The van der Waals surface area contributed by atoms with Crippen LogP contribution in [-0.2, 0) is 11.2 Å². The Balaban J connectivity index is 1.76. The van der Waals surface area contributed by atoms with Gasteiger partial charge >= 0.3 is 0 Å². The summed E-state index contributed by atoms with van der Waals surface area (Å²) in [5.74, 6) is 1.47. The summed E-state index contributed by atoms with van der Waals surface area (Å²) in [6, 6.07) is 13.1. The maximum atomic E-state index is 12.1. The van der Waals surface area contributed by atoms with Gasteiger partial charge in [-0.2, -0.15) is 0 Å². The predicted octanol–water partition coefficient (Wildman–Crippen LogP) is 2.44. The van der Waals surface area contributed by atoms with E-state index in [2.05, 4.69) is 12.4 Å². The van der Waals surface area contributed by atoms with Crippen LogP contribution in [0.3, 0.4) is 0 Å². The Labute approximate surface area is 159 Å². The Hall–Kier alpha value is -2.24. The predicted molar refractivity (Wildman–Crippen MR) is 105 cm³/mol. The number of ether oxygens (including phenoxy) is 2. The van der Waals surface area contributed by atoms with E-state index in [1.807, 2.05) is 30.3 Å². The number of halogens is 1. The lowest BCUT2D eigenvalue weighted by Gasteiger charge is -2.15. The Morgan fingerprint density at radius 3 is 2.54 bits per heavy atom. The highest BCUT2D eigenvalue weighted by molar-refractivity contribution is 6.30. The number of benzene rings is 2. The van der Waals surface area contributed by atoms with Crippen LogP contribution in [0.25, 0.3) is 0 Å². The van der Waals surface area contributed by atoms with E-state index in [-0.39, 0.29) is 5.91 Å². The molecule has 6 heteroatoms. The first-order chi connectivity index (χ1) is 12.5. The highest BCUT2D eigenvalue weighted by Gasteiger charge is 2.10. The fraction of sp³-hybridized carbons (Fsp3) is 0.350. The van der Waals surface area contributed by atoms with Crippen molar-refractivity contribution >= 4 is 23.2 Å². The maximum absolute atomic E-state index is 12.1. The Kier molecular flexibility index (Phi) is 7.75. The third kappa shape index (κ3) is 6.24. The molecular weight excluding hydrogens is 352 g/mol. The topological polar surface area (TPSA) is 52.0 Å². The minimum absolute atomic E-state index is 0.00210. The zero-order valence-corrected chi connectivity index (χ0v) is 16.2. The van der Waals surface area contributed by atoms with E-state index >= 15 is 0 Å². The molecule has 2 aromatic rings. The summed E-state index contributed by atoms with van der Waals surface area (Å²) in [6.07, 6.45) is 1.37. The third-order valence-electron chi connectivity index (χ3n) is 4.18. The average molecular weight is 378 g/mol. The second-order valence-corrected chi connectivity index (χ2v) is 6.64. The molecule has 0 aliphatic heterocycles. The van der Waals surface area contributed by atoms with Gasteiger partial charge in [-0.05, 0) is 35.9 Å². The Morgan fingerprint density at radius 2 is 1.85 bits per heavy atom. The molecule has 5 nitrogen and oxygen atoms in total. The number of likely N-dealkylation sites (N-methyl/N-ethyl adjacent to an activating group) is 1. The van der Waals surface area contributed by atoms with Crippen molar-refractivity contribution < 1.29 is 19.2 Å². The molecule has 0 aliphatic rings. The second kappa shape index (κ2) is 10.0. The highest BCUT2D eigenvalue weighted by atomic mass is 35.5. The zero-order valence-electron chi connectivity index (χ0n) is 15.5. The van der Waals surface area contributed by atoms with E-state index in [0.29, 0.717) is 11.4 Å². The minimum atomic E-state index is -0.00210. The van der Waals surface area contributed by atoms with Gasteiger partial charge in [0.2, 0.25) is 5.91 Å². The van der Waals surface area contributed by atoms with E-state index in [1.54, 1.807) is 26.4 Å². The number of anilines is 1. The van der Waals surface area contributed by atoms with Gasteiger partial charge in [0, 0.05) is 17.1 Å². The monoisotopic (exact) mass is 377 g/mol. The van der Waals surface area contributed by atoms with Gasteiger partial charge in [-0.25, -0.2) is 0 Å². The molecule has 140 valence electrons. The van der Waals surface area contributed by atoms with Crippen LogP contribution in [0.2, 0.25) is 5.02 Å². The summed E-state index contributed by atoms with van der Waals surface area (Å²) in [7, 11) is 5.36. The molecule has 0 aliphatic carbocycles. The molecule has 2 N–H and O–H groups in total. The van der Waals surface area contributed by atoms with Crippen molar-refractivity contribution in [2.24, 2.45) is 0 Å². The molecule has 2 rings (SSSR count). The van der Waals surface area contributed by atoms with Crippen LogP contribution in [0, 0.1) is 0 Å². The van der Waals surface area contributed by atoms with Crippen LogP contribution in [0.15, 0.2) is 42.5 Å². The van der Waals surface area contributed by atoms with Gasteiger partial charge in [0.05, 0.1) is 40.8 Å². The van der Waals surface area contributed by atoms with Crippen molar-refractivity contribution in [3.63, 3.8) is 0 Å². The molecular formula is C20H26ClN2O3+. The van der Waals surface area contributed by atoms with E-state index in [4.69, 9.17) is 21.1 Å². The van der Waals surface area contributed by atoms with Crippen LogP contribution in [0.1, 0.15) is 12.0 Å². The van der Waals surface area contributed by atoms with E-state index in [9.17, 15) is 4.79 Å². The Morgan fingerprint density at radius 1 is 1.08 bits per heavy atom. The van der Waals surface area contributed by atoms with Crippen molar-refractivity contribution in [2.75, 3.05) is 39.7 Å². The zero-order chi connectivity index (χ0) is 18.9. The SMILES string of the molecule is COc1ccc(CC[NH+](C)CCC(=O)Nc2cccc(Cl)c2)cc1OC. The van der Waals surface area contributed by atoms with Crippen molar-refractivity contribution in [2.45, 2.75) is 12.8 Å². The standard InChI is InChI=1S/C20H25ClN2O3/c1-23(11-9-15-7-8-18(25-2)19(13-15)26-3)12-10-20(24)22-17-6-4-5-16(21)14-17/h4-8,13-14H,9-12H2,1-3H3,(H,22,24)/p+1. The molecule has 1 unspecified atom stereocenters. The van der Waals surface area contributed by atoms with Gasteiger partial charge in [-0.3, -0.25) is 4.79 Å². The fourth-order valence-corrected chi connectivity index (χ4v) is 2.83. The summed E-state index contributed by atoms with van der Waals surface area (Å²) < 4.78 is 10.6. The second-order valence-electron chi connectivity index (χ2n) is 6.20. The quantitative estimate of drug-likeness (QED) is 0.705. The number of quaternary nitrogens is 1. The summed E-state index contributed by atoms with van der Waals surface area (Å²) in [6.45, 7) is 1.69. The first-order valence-electron chi connectivity index (χ1n) is 8.59. The van der Waals surface area contributed by atoms with Gasteiger partial charge in [0.1, 0.15) is 0 Å². The first-order valence-corrected chi connectivity index (χ1v) is 8.97. The summed E-state index contributed by atoms with van der Waals surface area (Å²) in [5, 5.41) is 3.48. The number of rotatable bonds is 9. The molecule has 1 amide bonds. The molecule has 2 aromatic carbocycles. The Bertz CT molecular complexity index is 737. The number of methoxy groups -OCH3 is 2.